The van der Waals surface area contributed by atoms with Crippen molar-refractivity contribution >= 4 is 16.8 Å². The number of carbonyl (C=O) groups is 1. The maximum atomic E-state index is 12.9. The molecule has 0 aliphatic rings. The molecule has 0 bridgehead atoms. The summed E-state index contributed by atoms with van der Waals surface area (Å²) < 4.78 is 6.08. The smallest absolute Gasteiger partial charge is 0.220 e. The number of H-pyrrole nitrogens is 1. The first-order valence-electron chi connectivity index (χ1n) is 11.8. The van der Waals surface area contributed by atoms with Crippen LogP contribution in [0.4, 0.5) is 0 Å². The van der Waals surface area contributed by atoms with E-state index >= 15 is 0 Å². The summed E-state index contributed by atoms with van der Waals surface area (Å²) in [5.41, 5.74) is 4.42. The van der Waals surface area contributed by atoms with E-state index in [-0.39, 0.29) is 11.8 Å². The van der Waals surface area contributed by atoms with Crippen molar-refractivity contribution in [2.45, 2.75) is 45.1 Å². The minimum atomic E-state index is -0.0624. The van der Waals surface area contributed by atoms with Gasteiger partial charge in [0.1, 0.15) is 12.4 Å². The second kappa shape index (κ2) is 11.4. The third-order valence-electron chi connectivity index (χ3n) is 6.00. The Labute approximate surface area is 196 Å². The topological polar surface area (TPSA) is 54.1 Å². The maximum Gasteiger partial charge on any atom is 0.220 e. The summed E-state index contributed by atoms with van der Waals surface area (Å²) in [6.07, 6.45) is 5.73. The van der Waals surface area contributed by atoms with Crippen molar-refractivity contribution < 1.29 is 9.53 Å². The Morgan fingerprint density at radius 1 is 0.970 bits per heavy atom. The number of aromatic nitrogens is 1. The van der Waals surface area contributed by atoms with Gasteiger partial charge < -0.3 is 15.0 Å². The summed E-state index contributed by atoms with van der Waals surface area (Å²) in [6.45, 7) is 3.41. The van der Waals surface area contributed by atoms with Crippen molar-refractivity contribution in [3.8, 4) is 5.75 Å². The molecule has 0 spiro atoms. The Bertz CT molecular complexity index is 1170. The van der Waals surface area contributed by atoms with E-state index in [2.05, 4.69) is 53.6 Å². The van der Waals surface area contributed by atoms with E-state index in [4.69, 9.17) is 4.74 Å². The first kappa shape index (κ1) is 22.7. The van der Waals surface area contributed by atoms with Crippen LogP contribution < -0.4 is 10.1 Å². The molecular formula is C29H32N2O2. The number of benzene rings is 3. The maximum absolute atomic E-state index is 12.9. The molecule has 0 saturated heterocycles. The Hall–Kier alpha value is -3.53. The second-order valence-corrected chi connectivity index (χ2v) is 8.45. The molecule has 1 amide bonds. The normalized spacial score (nSPS) is 11.9. The van der Waals surface area contributed by atoms with Gasteiger partial charge in [0.15, 0.2) is 0 Å². The molecule has 2 N–H and O–H groups in total. The summed E-state index contributed by atoms with van der Waals surface area (Å²) in [5, 5.41) is 4.26. The fourth-order valence-electron chi connectivity index (χ4n) is 4.21. The van der Waals surface area contributed by atoms with E-state index < -0.39 is 0 Å². The largest absolute Gasteiger partial charge is 0.489 e. The van der Waals surface area contributed by atoms with Crippen molar-refractivity contribution in [3.63, 3.8) is 0 Å². The lowest BCUT2D eigenvalue weighted by atomic mass is 9.88. The Morgan fingerprint density at radius 3 is 2.64 bits per heavy atom. The van der Waals surface area contributed by atoms with Gasteiger partial charge in [0.05, 0.1) is 0 Å². The van der Waals surface area contributed by atoms with Gasteiger partial charge in [-0.05, 0) is 41.3 Å². The standard InChI is InChI=1S/C29H32N2O2/c1-2-3-9-17-30-29(32)19-26(27-20-31-28-16-8-7-15-25(27)28)23-13-10-14-24(18-23)33-21-22-11-5-4-6-12-22/h4-8,10-16,18,20,26,31H,2-3,9,17,19,21H2,1H3,(H,30,32)/t26-/m0/s1. The van der Waals surface area contributed by atoms with E-state index in [0.29, 0.717) is 13.0 Å². The van der Waals surface area contributed by atoms with E-state index in [1.807, 2.05) is 48.7 Å². The molecule has 4 aromatic rings. The fraction of sp³-hybridized carbons (Fsp3) is 0.276. The molecule has 1 heterocycles. The molecule has 3 aromatic carbocycles. The number of hydrogen-bond acceptors (Lipinski definition) is 2. The van der Waals surface area contributed by atoms with E-state index in [0.717, 1.165) is 59.2 Å². The van der Waals surface area contributed by atoms with Crippen molar-refractivity contribution in [1.82, 2.24) is 10.3 Å². The Kier molecular flexibility index (Phi) is 7.81. The van der Waals surface area contributed by atoms with Crippen molar-refractivity contribution in [2.24, 2.45) is 0 Å². The zero-order chi connectivity index (χ0) is 22.9. The average molecular weight is 441 g/mol. The van der Waals surface area contributed by atoms with Crippen LogP contribution in [0.3, 0.4) is 0 Å². The van der Waals surface area contributed by atoms with Crippen LogP contribution in [0.25, 0.3) is 10.9 Å². The summed E-state index contributed by atoms with van der Waals surface area (Å²) in [6, 6.07) is 26.5. The lowest BCUT2D eigenvalue weighted by Gasteiger charge is -2.18. The monoisotopic (exact) mass is 440 g/mol. The third-order valence-corrected chi connectivity index (χ3v) is 6.00. The number of carbonyl (C=O) groups excluding carboxylic acids is 1. The molecule has 1 atom stereocenters. The molecule has 33 heavy (non-hydrogen) atoms. The van der Waals surface area contributed by atoms with Crippen molar-refractivity contribution in [2.75, 3.05) is 6.54 Å². The third kappa shape index (κ3) is 6.04. The highest BCUT2D eigenvalue weighted by atomic mass is 16.5. The fourth-order valence-corrected chi connectivity index (χ4v) is 4.21. The number of hydrogen-bond donors (Lipinski definition) is 2. The number of rotatable bonds is 11. The number of unbranched alkanes of at least 4 members (excludes halogenated alkanes) is 2. The van der Waals surface area contributed by atoms with Crippen molar-refractivity contribution in [3.05, 3.63) is 102 Å². The predicted molar refractivity (Wildman–Crippen MR) is 135 cm³/mol. The molecule has 1 aromatic heterocycles. The minimum absolute atomic E-state index is 0.0624. The van der Waals surface area contributed by atoms with Gasteiger partial charge in [-0.15, -0.1) is 0 Å². The predicted octanol–water partition coefficient (Wildman–Crippen LogP) is 6.58. The first-order chi connectivity index (χ1) is 16.2. The van der Waals surface area contributed by atoms with E-state index in [1.165, 1.54) is 0 Å². The molecule has 4 heteroatoms. The van der Waals surface area contributed by atoms with Crippen LogP contribution in [0, 0.1) is 0 Å². The van der Waals surface area contributed by atoms with Gasteiger partial charge in [0.2, 0.25) is 5.91 Å². The van der Waals surface area contributed by atoms with Crippen LogP contribution in [0.2, 0.25) is 0 Å². The number of para-hydroxylation sites is 1. The number of nitrogens with one attached hydrogen (secondary N) is 2. The van der Waals surface area contributed by atoms with Crippen LogP contribution >= 0.6 is 0 Å². The van der Waals surface area contributed by atoms with Crippen LogP contribution in [-0.2, 0) is 11.4 Å². The lowest BCUT2D eigenvalue weighted by molar-refractivity contribution is -0.121. The van der Waals surface area contributed by atoms with Gasteiger partial charge >= 0.3 is 0 Å². The highest BCUT2D eigenvalue weighted by Gasteiger charge is 2.22. The number of amides is 1. The van der Waals surface area contributed by atoms with Gasteiger partial charge in [-0.25, -0.2) is 0 Å². The molecule has 0 radical (unpaired) electrons. The van der Waals surface area contributed by atoms with E-state index in [1.54, 1.807) is 0 Å². The summed E-state index contributed by atoms with van der Waals surface area (Å²) >= 11 is 0. The average Bonchev–Trinajstić information content (AvgIpc) is 3.29. The molecule has 0 saturated carbocycles. The van der Waals surface area contributed by atoms with Crippen LogP contribution in [0.5, 0.6) is 5.75 Å². The molecule has 0 aliphatic heterocycles. The summed E-state index contributed by atoms with van der Waals surface area (Å²) in [7, 11) is 0. The van der Waals surface area contributed by atoms with Crippen LogP contribution in [-0.4, -0.2) is 17.4 Å². The number of ether oxygens (including phenoxy) is 1. The van der Waals surface area contributed by atoms with E-state index in [9.17, 15) is 4.79 Å². The highest BCUT2D eigenvalue weighted by Crippen LogP contribution is 2.35. The number of aromatic amines is 1. The van der Waals surface area contributed by atoms with Gasteiger partial charge in [0, 0.05) is 36.0 Å². The molecule has 0 unspecified atom stereocenters. The molecule has 4 rings (SSSR count). The van der Waals surface area contributed by atoms with Gasteiger partial charge in [-0.1, -0.05) is 80.4 Å². The van der Waals surface area contributed by atoms with Gasteiger partial charge in [-0.3, -0.25) is 4.79 Å². The molecule has 170 valence electrons. The Balaban J connectivity index is 1.57. The zero-order valence-corrected chi connectivity index (χ0v) is 19.2. The number of fused-ring (bicyclic) bond motifs is 1. The van der Waals surface area contributed by atoms with Gasteiger partial charge in [-0.2, -0.15) is 0 Å². The minimum Gasteiger partial charge on any atom is -0.489 e. The SMILES string of the molecule is CCCCCNC(=O)C[C@@H](c1cccc(OCc2ccccc2)c1)c1c[nH]c2ccccc12. The lowest BCUT2D eigenvalue weighted by Crippen LogP contribution is -2.26. The van der Waals surface area contributed by atoms with Crippen LogP contribution in [0.1, 0.15) is 55.2 Å². The second-order valence-electron chi connectivity index (χ2n) is 8.45. The summed E-state index contributed by atoms with van der Waals surface area (Å²) in [4.78, 5) is 16.2. The Morgan fingerprint density at radius 2 is 1.79 bits per heavy atom. The zero-order valence-electron chi connectivity index (χ0n) is 19.2. The first-order valence-corrected chi connectivity index (χ1v) is 11.8. The van der Waals surface area contributed by atoms with Crippen LogP contribution in [0.15, 0.2) is 85.1 Å². The molecule has 4 nitrogen and oxygen atoms in total. The molecular weight excluding hydrogens is 408 g/mol. The quantitative estimate of drug-likeness (QED) is 0.259. The molecule has 0 fully saturated rings. The molecule has 0 aliphatic carbocycles. The summed E-state index contributed by atoms with van der Waals surface area (Å²) in [5.74, 6) is 0.828. The highest BCUT2D eigenvalue weighted by molar-refractivity contribution is 5.86. The van der Waals surface area contributed by atoms with Gasteiger partial charge in [0.25, 0.3) is 0 Å². The van der Waals surface area contributed by atoms with Crippen molar-refractivity contribution in [1.29, 1.82) is 0 Å².